The maximum atomic E-state index is 5.70. The standard InChI is InChI=1S/C8H15NO/c1-9-8(7-3-4-7)5-2-6-10-8/h7,9H,2-6H2,1H3. The Morgan fingerprint density at radius 1 is 1.50 bits per heavy atom. The first kappa shape index (κ1) is 6.62. The van der Waals surface area contributed by atoms with E-state index in [4.69, 9.17) is 4.74 Å². The van der Waals surface area contributed by atoms with Gasteiger partial charge in [0.25, 0.3) is 0 Å². The fraction of sp³-hybridized carbons (Fsp3) is 1.00. The second-order valence-electron chi connectivity index (χ2n) is 3.37. The van der Waals surface area contributed by atoms with Crippen LogP contribution in [0.25, 0.3) is 0 Å². The molecule has 2 rings (SSSR count). The summed E-state index contributed by atoms with van der Waals surface area (Å²) in [5, 5.41) is 3.32. The van der Waals surface area contributed by atoms with Gasteiger partial charge in [-0.2, -0.15) is 0 Å². The van der Waals surface area contributed by atoms with Crippen LogP contribution >= 0.6 is 0 Å². The smallest absolute Gasteiger partial charge is 0.121 e. The maximum Gasteiger partial charge on any atom is 0.121 e. The third-order valence-electron chi connectivity index (χ3n) is 2.71. The molecule has 0 radical (unpaired) electrons. The summed E-state index contributed by atoms with van der Waals surface area (Å²) in [6.07, 6.45) is 5.17. The van der Waals surface area contributed by atoms with E-state index in [0.29, 0.717) is 0 Å². The molecular weight excluding hydrogens is 126 g/mol. The Balaban J connectivity index is 2.04. The molecule has 1 unspecified atom stereocenters. The normalized spacial score (nSPS) is 40.5. The Labute approximate surface area is 61.9 Å². The molecule has 2 nitrogen and oxygen atoms in total. The predicted octanol–water partition coefficient (Wildman–Crippen LogP) is 1.12. The number of hydrogen-bond donors (Lipinski definition) is 1. The van der Waals surface area contributed by atoms with Crippen LogP contribution in [0, 0.1) is 5.92 Å². The van der Waals surface area contributed by atoms with E-state index < -0.39 is 0 Å². The zero-order chi connectivity index (χ0) is 7.03. The summed E-state index contributed by atoms with van der Waals surface area (Å²) in [6, 6.07) is 0. The molecule has 0 spiro atoms. The molecule has 2 aliphatic rings. The van der Waals surface area contributed by atoms with Gasteiger partial charge in [0.1, 0.15) is 5.72 Å². The van der Waals surface area contributed by atoms with Crippen molar-refractivity contribution in [2.45, 2.75) is 31.4 Å². The van der Waals surface area contributed by atoms with Crippen molar-refractivity contribution in [2.75, 3.05) is 13.7 Å². The number of ether oxygens (including phenoxy) is 1. The summed E-state index contributed by atoms with van der Waals surface area (Å²) in [6.45, 7) is 0.956. The van der Waals surface area contributed by atoms with E-state index in [1.807, 2.05) is 7.05 Å². The SMILES string of the molecule is CNC1(C2CC2)CCCO1. The molecule has 0 aromatic rings. The van der Waals surface area contributed by atoms with Gasteiger partial charge >= 0.3 is 0 Å². The van der Waals surface area contributed by atoms with Crippen molar-refractivity contribution in [3.8, 4) is 0 Å². The van der Waals surface area contributed by atoms with Crippen molar-refractivity contribution in [1.29, 1.82) is 0 Å². The maximum absolute atomic E-state index is 5.70. The van der Waals surface area contributed by atoms with Crippen molar-refractivity contribution >= 4 is 0 Å². The highest BCUT2D eigenvalue weighted by Gasteiger charge is 2.47. The van der Waals surface area contributed by atoms with E-state index >= 15 is 0 Å². The van der Waals surface area contributed by atoms with Crippen molar-refractivity contribution in [1.82, 2.24) is 5.32 Å². The first-order valence-corrected chi connectivity index (χ1v) is 4.20. The molecule has 58 valence electrons. The molecule has 0 aromatic carbocycles. The highest BCUT2D eigenvalue weighted by Crippen LogP contribution is 2.45. The topological polar surface area (TPSA) is 21.3 Å². The third-order valence-corrected chi connectivity index (χ3v) is 2.71. The van der Waals surface area contributed by atoms with Crippen LogP contribution in [0.2, 0.25) is 0 Å². The fourth-order valence-corrected chi connectivity index (χ4v) is 1.93. The summed E-state index contributed by atoms with van der Waals surface area (Å²) in [5.41, 5.74) is 0.0972. The third kappa shape index (κ3) is 0.867. The minimum absolute atomic E-state index is 0.0972. The molecule has 0 bridgehead atoms. The molecule has 1 N–H and O–H groups in total. The van der Waals surface area contributed by atoms with Crippen LogP contribution in [0.1, 0.15) is 25.7 Å². The first-order valence-electron chi connectivity index (χ1n) is 4.20. The molecule has 0 amide bonds. The van der Waals surface area contributed by atoms with E-state index in [2.05, 4.69) is 5.32 Å². The van der Waals surface area contributed by atoms with Gasteiger partial charge in [0.15, 0.2) is 0 Å². The largest absolute Gasteiger partial charge is 0.360 e. The molecule has 1 aliphatic heterocycles. The van der Waals surface area contributed by atoms with Gasteiger partial charge in [-0.3, -0.25) is 5.32 Å². The molecule has 10 heavy (non-hydrogen) atoms. The molecular formula is C8H15NO. The Kier molecular flexibility index (Phi) is 1.46. The van der Waals surface area contributed by atoms with Gasteiger partial charge < -0.3 is 4.74 Å². The molecule has 1 heterocycles. The zero-order valence-electron chi connectivity index (χ0n) is 6.52. The minimum Gasteiger partial charge on any atom is -0.360 e. The van der Waals surface area contributed by atoms with Crippen molar-refractivity contribution in [2.24, 2.45) is 5.92 Å². The lowest BCUT2D eigenvalue weighted by atomic mass is 10.1. The van der Waals surface area contributed by atoms with E-state index in [0.717, 1.165) is 12.5 Å². The Bertz CT molecular complexity index is 125. The van der Waals surface area contributed by atoms with E-state index in [9.17, 15) is 0 Å². The lowest BCUT2D eigenvalue weighted by Gasteiger charge is -2.27. The van der Waals surface area contributed by atoms with Gasteiger partial charge in [0, 0.05) is 12.5 Å². The van der Waals surface area contributed by atoms with Crippen LogP contribution in [0.5, 0.6) is 0 Å². The van der Waals surface area contributed by atoms with E-state index in [-0.39, 0.29) is 5.72 Å². The Hall–Kier alpha value is -0.0800. The quantitative estimate of drug-likeness (QED) is 0.622. The second kappa shape index (κ2) is 2.21. The van der Waals surface area contributed by atoms with Crippen molar-refractivity contribution in [3.05, 3.63) is 0 Å². The average Bonchev–Trinajstić information content (AvgIpc) is 2.71. The van der Waals surface area contributed by atoms with Gasteiger partial charge in [0.05, 0.1) is 0 Å². The summed E-state index contributed by atoms with van der Waals surface area (Å²) >= 11 is 0. The van der Waals surface area contributed by atoms with Gasteiger partial charge in [-0.15, -0.1) is 0 Å². The lowest BCUT2D eigenvalue weighted by Crippen LogP contribution is -2.44. The monoisotopic (exact) mass is 141 g/mol. The van der Waals surface area contributed by atoms with Crippen LogP contribution in [-0.2, 0) is 4.74 Å². The van der Waals surface area contributed by atoms with Crippen LogP contribution in [0.15, 0.2) is 0 Å². The highest BCUT2D eigenvalue weighted by atomic mass is 16.5. The predicted molar refractivity (Wildman–Crippen MR) is 39.7 cm³/mol. The molecule has 1 saturated carbocycles. The van der Waals surface area contributed by atoms with E-state index in [1.54, 1.807) is 0 Å². The van der Waals surface area contributed by atoms with Gasteiger partial charge in [0.2, 0.25) is 0 Å². The number of hydrogen-bond acceptors (Lipinski definition) is 2. The van der Waals surface area contributed by atoms with Crippen molar-refractivity contribution < 1.29 is 4.74 Å². The summed E-state index contributed by atoms with van der Waals surface area (Å²) in [4.78, 5) is 0. The molecule has 1 saturated heterocycles. The van der Waals surface area contributed by atoms with Crippen LogP contribution in [0.3, 0.4) is 0 Å². The number of rotatable bonds is 2. The molecule has 1 atom stereocenters. The van der Waals surface area contributed by atoms with Crippen LogP contribution in [0.4, 0.5) is 0 Å². The minimum atomic E-state index is 0.0972. The lowest BCUT2D eigenvalue weighted by molar-refractivity contribution is -0.0369. The average molecular weight is 141 g/mol. The zero-order valence-corrected chi connectivity index (χ0v) is 6.52. The first-order chi connectivity index (χ1) is 4.87. The highest BCUT2D eigenvalue weighted by molar-refractivity contribution is 4.95. The fourth-order valence-electron chi connectivity index (χ4n) is 1.93. The Morgan fingerprint density at radius 2 is 2.30 bits per heavy atom. The van der Waals surface area contributed by atoms with Gasteiger partial charge in [-0.05, 0) is 32.7 Å². The number of nitrogens with one attached hydrogen (secondary N) is 1. The van der Waals surface area contributed by atoms with Gasteiger partial charge in [-0.25, -0.2) is 0 Å². The Morgan fingerprint density at radius 3 is 2.70 bits per heavy atom. The van der Waals surface area contributed by atoms with Crippen molar-refractivity contribution in [3.63, 3.8) is 0 Å². The molecule has 2 fully saturated rings. The molecule has 2 heteroatoms. The van der Waals surface area contributed by atoms with E-state index in [1.165, 1.54) is 25.7 Å². The summed E-state index contributed by atoms with van der Waals surface area (Å²) < 4.78 is 5.70. The molecule has 1 aliphatic carbocycles. The summed E-state index contributed by atoms with van der Waals surface area (Å²) in [7, 11) is 2.02. The molecule has 0 aromatic heterocycles. The second-order valence-corrected chi connectivity index (χ2v) is 3.37. The van der Waals surface area contributed by atoms with Gasteiger partial charge in [-0.1, -0.05) is 0 Å². The van der Waals surface area contributed by atoms with Crippen LogP contribution in [-0.4, -0.2) is 19.4 Å². The van der Waals surface area contributed by atoms with Crippen LogP contribution < -0.4 is 5.32 Å². The summed E-state index contributed by atoms with van der Waals surface area (Å²) in [5.74, 6) is 0.819.